The summed E-state index contributed by atoms with van der Waals surface area (Å²) >= 11 is 0. The number of halogens is 1. The van der Waals surface area contributed by atoms with E-state index in [1.165, 1.54) is 47.6 Å². The minimum absolute atomic E-state index is 0.0114. The van der Waals surface area contributed by atoms with E-state index in [4.69, 9.17) is 4.74 Å². The zero-order valence-electron chi connectivity index (χ0n) is 18.2. The number of benzene rings is 2. The summed E-state index contributed by atoms with van der Waals surface area (Å²) in [6, 6.07) is 8.45. The van der Waals surface area contributed by atoms with Gasteiger partial charge >= 0.3 is 5.97 Å². The zero-order valence-corrected chi connectivity index (χ0v) is 19.0. The summed E-state index contributed by atoms with van der Waals surface area (Å²) in [6.07, 6.45) is -1.18. The smallest absolute Gasteiger partial charge is 0.338 e. The summed E-state index contributed by atoms with van der Waals surface area (Å²) in [5.74, 6) is -1.95. The molecule has 0 bridgehead atoms. The van der Waals surface area contributed by atoms with Gasteiger partial charge in [0, 0.05) is 18.8 Å². The zero-order chi connectivity index (χ0) is 23.3. The van der Waals surface area contributed by atoms with Gasteiger partial charge in [0.05, 0.1) is 10.5 Å². The Morgan fingerprint density at radius 1 is 1.06 bits per heavy atom. The lowest BCUT2D eigenvalue weighted by atomic mass is 10.1. The van der Waals surface area contributed by atoms with E-state index in [-0.39, 0.29) is 16.1 Å². The van der Waals surface area contributed by atoms with Crippen LogP contribution in [-0.2, 0) is 19.6 Å². The quantitative estimate of drug-likeness (QED) is 0.620. The third-order valence-corrected chi connectivity index (χ3v) is 7.03. The van der Waals surface area contributed by atoms with Gasteiger partial charge in [0.2, 0.25) is 10.0 Å². The fourth-order valence-electron chi connectivity index (χ4n) is 2.90. The van der Waals surface area contributed by atoms with Crippen LogP contribution in [-0.4, -0.2) is 43.8 Å². The van der Waals surface area contributed by atoms with Crippen molar-refractivity contribution in [2.45, 2.75) is 45.6 Å². The van der Waals surface area contributed by atoms with E-state index in [0.717, 1.165) is 0 Å². The van der Waals surface area contributed by atoms with Gasteiger partial charge in [-0.15, -0.1) is 0 Å². The average molecular weight is 451 g/mol. The molecule has 0 aliphatic heterocycles. The minimum atomic E-state index is -3.77. The van der Waals surface area contributed by atoms with Crippen molar-refractivity contribution in [2.75, 3.05) is 18.4 Å². The molecule has 0 heterocycles. The highest BCUT2D eigenvalue weighted by atomic mass is 32.2. The van der Waals surface area contributed by atoms with Gasteiger partial charge in [-0.1, -0.05) is 26.0 Å². The van der Waals surface area contributed by atoms with Crippen LogP contribution in [0.4, 0.5) is 10.1 Å². The van der Waals surface area contributed by atoms with Crippen LogP contribution in [0.2, 0.25) is 0 Å². The number of hydrogen-bond acceptors (Lipinski definition) is 5. The van der Waals surface area contributed by atoms with E-state index in [2.05, 4.69) is 5.32 Å². The number of carbonyl (C=O) groups excluding carboxylic acids is 2. The van der Waals surface area contributed by atoms with Gasteiger partial charge in [-0.25, -0.2) is 17.6 Å². The van der Waals surface area contributed by atoms with Crippen LogP contribution >= 0.6 is 0 Å². The molecule has 1 atom stereocenters. The number of rotatable bonds is 8. The first-order valence-electron chi connectivity index (χ1n) is 9.90. The Morgan fingerprint density at radius 3 is 2.26 bits per heavy atom. The molecule has 1 N–H and O–H groups in total. The van der Waals surface area contributed by atoms with Gasteiger partial charge in [-0.05, 0) is 56.2 Å². The summed E-state index contributed by atoms with van der Waals surface area (Å²) < 4.78 is 45.8. The second-order valence-electron chi connectivity index (χ2n) is 7.07. The molecular weight excluding hydrogens is 423 g/mol. The molecule has 31 heavy (non-hydrogen) atoms. The van der Waals surface area contributed by atoms with Gasteiger partial charge in [0.25, 0.3) is 5.91 Å². The van der Waals surface area contributed by atoms with Gasteiger partial charge in [-0.3, -0.25) is 4.79 Å². The second-order valence-corrected chi connectivity index (χ2v) is 8.98. The van der Waals surface area contributed by atoms with E-state index < -0.39 is 33.8 Å². The SMILES string of the molecule is CCN(CC)S(=O)(=O)c1cc(C(=O)O[C@@H](C)C(=O)Nc2ccc(C)c(F)c2)ccc1C. The van der Waals surface area contributed by atoms with E-state index >= 15 is 0 Å². The highest BCUT2D eigenvalue weighted by molar-refractivity contribution is 7.89. The van der Waals surface area contributed by atoms with E-state index in [1.807, 2.05) is 0 Å². The molecule has 0 aliphatic carbocycles. The van der Waals surface area contributed by atoms with E-state index in [9.17, 15) is 22.4 Å². The first kappa shape index (κ1) is 24.5. The molecule has 0 fully saturated rings. The molecule has 0 spiro atoms. The van der Waals surface area contributed by atoms with Crippen LogP contribution in [0.25, 0.3) is 0 Å². The lowest BCUT2D eigenvalue weighted by Gasteiger charge is -2.20. The average Bonchev–Trinajstić information content (AvgIpc) is 2.71. The molecule has 0 aromatic heterocycles. The molecule has 7 nitrogen and oxygen atoms in total. The van der Waals surface area contributed by atoms with Crippen molar-refractivity contribution >= 4 is 27.6 Å². The number of esters is 1. The van der Waals surface area contributed by atoms with Gasteiger partial charge in [-0.2, -0.15) is 4.31 Å². The molecule has 0 saturated heterocycles. The molecule has 0 saturated carbocycles. The minimum Gasteiger partial charge on any atom is -0.449 e. The maximum absolute atomic E-state index is 13.6. The number of hydrogen-bond donors (Lipinski definition) is 1. The van der Waals surface area contributed by atoms with E-state index in [1.54, 1.807) is 27.7 Å². The molecule has 0 aliphatic rings. The van der Waals surface area contributed by atoms with Crippen LogP contribution in [0.1, 0.15) is 42.3 Å². The number of ether oxygens (including phenoxy) is 1. The molecule has 9 heteroatoms. The normalized spacial score (nSPS) is 12.5. The predicted molar refractivity (Wildman–Crippen MR) is 116 cm³/mol. The maximum Gasteiger partial charge on any atom is 0.338 e. The fraction of sp³-hybridized carbons (Fsp3) is 0.364. The molecule has 168 valence electrons. The second kappa shape index (κ2) is 10.0. The van der Waals surface area contributed by atoms with Crippen molar-refractivity contribution in [1.82, 2.24) is 4.31 Å². The molecule has 2 aromatic carbocycles. The standard InChI is InChI=1S/C22H27FN2O5S/c1-6-25(7-2)31(28,29)20-12-17(10-8-15(20)4)22(27)30-16(5)21(26)24-18-11-9-14(3)19(23)13-18/h8-13,16H,6-7H2,1-5H3,(H,24,26)/t16-/m0/s1. The first-order chi connectivity index (χ1) is 14.5. The van der Waals surface area contributed by atoms with Crippen LogP contribution in [0.5, 0.6) is 0 Å². The Hall–Kier alpha value is -2.78. The number of amides is 1. The van der Waals surface area contributed by atoms with Crippen molar-refractivity contribution in [3.8, 4) is 0 Å². The van der Waals surface area contributed by atoms with Crippen LogP contribution in [0.15, 0.2) is 41.3 Å². The topological polar surface area (TPSA) is 92.8 Å². The summed E-state index contributed by atoms with van der Waals surface area (Å²) in [5, 5.41) is 2.48. The highest BCUT2D eigenvalue weighted by Gasteiger charge is 2.26. The van der Waals surface area contributed by atoms with Gasteiger partial charge < -0.3 is 10.1 Å². The monoisotopic (exact) mass is 450 g/mol. The van der Waals surface area contributed by atoms with Crippen molar-refractivity contribution in [3.05, 3.63) is 58.9 Å². The number of aryl methyl sites for hydroxylation is 2. The fourth-order valence-corrected chi connectivity index (χ4v) is 4.61. The number of carbonyl (C=O) groups is 2. The first-order valence-corrected chi connectivity index (χ1v) is 11.3. The van der Waals surface area contributed by atoms with Crippen LogP contribution < -0.4 is 5.32 Å². The van der Waals surface area contributed by atoms with E-state index in [0.29, 0.717) is 24.2 Å². The van der Waals surface area contributed by atoms with Crippen molar-refractivity contribution in [2.24, 2.45) is 0 Å². The van der Waals surface area contributed by atoms with Crippen molar-refractivity contribution < 1.29 is 27.1 Å². The Bertz CT molecular complexity index is 1080. The Morgan fingerprint density at radius 2 is 1.68 bits per heavy atom. The highest BCUT2D eigenvalue weighted by Crippen LogP contribution is 2.22. The summed E-state index contributed by atoms with van der Waals surface area (Å²) in [7, 11) is -3.77. The predicted octanol–water partition coefficient (Wildman–Crippen LogP) is 3.66. The molecule has 0 radical (unpaired) electrons. The van der Waals surface area contributed by atoms with Gasteiger partial charge in [0.1, 0.15) is 5.82 Å². The van der Waals surface area contributed by atoms with Crippen molar-refractivity contribution in [3.63, 3.8) is 0 Å². The number of sulfonamides is 1. The summed E-state index contributed by atoms with van der Waals surface area (Å²) in [6.45, 7) is 8.67. The Kier molecular flexibility index (Phi) is 7.91. The van der Waals surface area contributed by atoms with Crippen LogP contribution in [0, 0.1) is 19.7 Å². The molecule has 0 unspecified atom stereocenters. The third kappa shape index (κ3) is 5.68. The Labute approximate surface area is 182 Å². The van der Waals surface area contributed by atoms with Crippen molar-refractivity contribution in [1.29, 1.82) is 0 Å². The molecule has 2 aromatic rings. The Balaban J connectivity index is 2.17. The molecule has 2 rings (SSSR count). The number of nitrogens with zero attached hydrogens (tertiary/aromatic N) is 1. The summed E-state index contributed by atoms with van der Waals surface area (Å²) in [4.78, 5) is 24.9. The lowest BCUT2D eigenvalue weighted by molar-refractivity contribution is -0.123. The molecular formula is C22H27FN2O5S. The molecule has 1 amide bonds. The third-order valence-electron chi connectivity index (χ3n) is 4.84. The number of anilines is 1. The van der Waals surface area contributed by atoms with Gasteiger partial charge in [0.15, 0.2) is 6.10 Å². The maximum atomic E-state index is 13.6. The largest absolute Gasteiger partial charge is 0.449 e. The lowest BCUT2D eigenvalue weighted by Crippen LogP contribution is -2.32. The summed E-state index contributed by atoms with van der Waals surface area (Å²) in [5.41, 5.74) is 1.18. The van der Waals surface area contributed by atoms with Crippen LogP contribution in [0.3, 0.4) is 0 Å². The number of nitrogens with one attached hydrogen (secondary N) is 1.